The van der Waals surface area contributed by atoms with Gasteiger partial charge >= 0.3 is 0 Å². The summed E-state index contributed by atoms with van der Waals surface area (Å²) in [5.74, 6) is -0.707. The third-order valence-electron chi connectivity index (χ3n) is 2.44. The number of Topliss-reactive ketones (excluding diaryl/α,β-unsaturated/α-hetero) is 2. The molecule has 1 saturated carbocycles. The largest absolute Gasteiger partial charge is 0.303 e. The highest BCUT2D eigenvalue weighted by Gasteiger charge is 2.61. The summed E-state index contributed by atoms with van der Waals surface area (Å²) in [6, 6.07) is 0. The van der Waals surface area contributed by atoms with E-state index in [0.717, 1.165) is 0 Å². The number of carbonyl (C=O) groups is 3. The second-order valence-electron chi connectivity index (χ2n) is 3.03. The fourth-order valence-electron chi connectivity index (χ4n) is 1.51. The molecule has 1 unspecified atom stereocenters. The van der Waals surface area contributed by atoms with E-state index < -0.39 is 5.41 Å². The molecule has 0 bridgehead atoms. The second kappa shape index (κ2) is 2.26. The normalized spacial score (nSPS) is 25.8. The summed E-state index contributed by atoms with van der Waals surface area (Å²) < 4.78 is 0. The van der Waals surface area contributed by atoms with Crippen molar-refractivity contribution in [1.82, 2.24) is 0 Å². The molecule has 0 aliphatic heterocycles. The smallest absolute Gasteiger partial charge is 0.144 e. The molecule has 1 atom stereocenters. The molecular weight excluding hydrogens is 144 g/mol. The molecule has 0 aromatic carbocycles. The van der Waals surface area contributed by atoms with Crippen molar-refractivity contribution in [2.75, 3.05) is 0 Å². The van der Waals surface area contributed by atoms with Crippen LogP contribution in [0.5, 0.6) is 0 Å². The van der Waals surface area contributed by atoms with Gasteiger partial charge in [-0.05, 0) is 20.3 Å². The van der Waals surface area contributed by atoms with E-state index in [0.29, 0.717) is 12.7 Å². The molecule has 0 radical (unpaired) electrons. The predicted molar refractivity (Wildman–Crippen MR) is 38.0 cm³/mol. The second-order valence-corrected chi connectivity index (χ2v) is 3.03. The van der Waals surface area contributed by atoms with Crippen LogP contribution in [-0.2, 0) is 14.4 Å². The molecular formula is C8H10O3. The van der Waals surface area contributed by atoms with E-state index in [1.807, 2.05) is 0 Å². The van der Waals surface area contributed by atoms with Crippen LogP contribution >= 0.6 is 0 Å². The Balaban J connectivity index is 2.87. The van der Waals surface area contributed by atoms with Crippen LogP contribution in [0.4, 0.5) is 0 Å². The zero-order valence-corrected chi connectivity index (χ0v) is 6.59. The van der Waals surface area contributed by atoms with E-state index in [-0.39, 0.29) is 17.5 Å². The van der Waals surface area contributed by atoms with Gasteiger partial charge in [-0.2, -0.15) is 0 Å². The molecule has 3 heteroatoms. The lowest BCUT2D eigenvalue weighted by Gasteiger charge is -2.05. The standard InChI is InChI=1S/C8H10O3/c1-5(10)8(6(2)11)3-7(8)4-9/h4,7H,3H2,1-2H3. The van der Waals surface area contributed by atoms with Gasteiger partial charge in [0.15, 0.2) is 0 Å². The van der Waals surface area contributed by atoms with Crippen molar-refractivity contribution < 1.29 is 14.4 Å². The average Bonchev–Trinajstić information content (AvgIpc) is 2.61. The van der Waals surface area contributed by atoms with Crippen LogP contribution in [0.15, 0.2) is 0 Å². The highest BCUT2D eigenvalue weighted by molar-refractivity contribution is 6.11. The Kier molecular flexibility index (Phi) is 1.66. The van der Waals surface area contributed by atoms with E-state index in [4.69, 9.17) is 0 Å². The SMILES string of the molecule is CC(=O)C1(C(C)=O)CC1C=O. The third kappa shape index (κ3) is 0.914. The van der Waals surface area contributed by atoms with Crippen molar-refractivity contribution in [1.29, 1.82) is 0 Å². The molecule has 0 N–H and O–H groups in total. The van der Waals surface area contributed by atoms with E-state index in [2.05, 4.69) is 0 Å². The molecule has 1 aliphatic rings. The fourth-order valence-corrected chi connectivity index (χ4v) is 1.51. The van der Waals surface area contributed by atoms with Crippen LogP contribution < -0.4 is 0 Å². The maximum Gasteiger partial charge on any atom is 0.144 e. The van der Waals surface area contributed by atoms with Crippen LogP contribution in [0.2, 0.25) is 0 Å². The third-order valence-corrected chi connectivity index (χ3v) is 2.44. The summed E-state index contributed by atoms with van der Waals surface area (Å²) in [6.45, 7) is 2.73. The lowest BCUT2D eigenvalue weighted by atomic mass is 9.95. The van der Waals surface area contributed by atoms with Crippen LogP contribution in [0, 0.1) is 11.3 Å². The molecule has 60 valence electrons. The van der Waals surface area contributed by atoms with Gasteiger partial charge in [-0.1, -0.05) is 0 Å². The van der Waals surface area contributed by atoms with Gasteiger partial charge in [-0.25, -0.2) is 0 Å². The molecule has 0 aromatic rings. The van der Waals surface area contributed by atoms with Crippen LogP contribution in [0.1, 0.15) is 20.3 Å². The lowest BCUT2D eigenvalue weighted by molar-refractivity contribution is -0.134. The van der Waals surface area contributed by atoms with Gasteiger partial charge in [0.2, 0.25) is 0 Å². The van der Waals surface area contributed by atoms with Gasteiger partial charge in [0.05, 0.1) is 5.41 Å². The Morgan fingerprint density at radius 2 is 1.82 bits per heavy atom. The zero-order valence-electron chi connectivity index (χ0n) is 6.59. The van der Waals surface area contributed by atoms with Gasteiger partial charge in [0.1, 0.15) is 17.9 Å². The van der Waals surface area contributed by atoms with E-state index in [1.165, 1.54) is 13.8 Å². The molecule has 0 saturated heterocycles. The maximum atomic E-state index is 11.0. The van der Waals surface area contributed by atoms with Crippen molar-refractivity contribution in [2.24, 2.45) is 11.3 Å². The Morgan fingerprint density at radius 1 is 1.36 bits per heavy atom. The number of hydrogen-bond acceptors (Lipinski definition) is 3. The highest BCUT2D eigenvalue weighted by atomic mass is 16.2. The minimum absolute atomic E-state index is 0.179. The maximum absolute atomic E-state index is 11.0. The van der Waals surface area contributed by atoms with E-state index >= 15 is 0 Å². The number of ketones is 2. The van der Waals surface area contributed by atoms with E-state index in [9.17, 15) is 14.4 Å². The quantitative estimate of drug-likeness (QED) is 0.436. The minimum atomic E-state index is -0.929. The van der Waals surface area contributed by atoms with Gasteiger partial charge in [-0.3, -0.25) is 9.59 Å². The van der Waals surface area contributed by atoms with Gasteiger partial charge < -0.3 is 4.79 Å². The average molecular weight is 154 g/mol. The molecule has 1 aliphatic carbocycles. The Hall–Kier alpha value is -0.990. The number of aldehydes is 1. The first-order valence-corrected chi connectivity index (χ1v) is 3.53. The monoisotopic (exact) mass is 154 g/mol. The van der Waals surface area contributed by atoms with Crippen LogP contribution in [-0.4, -0.2) is 17.9 Å². The molecule has 0 heterocycles. The molecule has 11 heavy (non-hydrogen) atoms. The van der Waals surface area contributed by atoms with Gasteiger partial charge in [0, 0.05) is 5.92 Å². The Bertz CT molecular complexity index is 215. The summed E-state index contributed by atoms with van der Waals surface area (Å²) in [5, 5.41) is 0. The predicted octanol–water partition coefficient (Wildman–Crippen LogP) is 0.370. The summed E-state index contributed by atoms with van der Waals surface area (Å²) in [4.78, 5) is 32.2. The van der Waals surface area contributed by atoms with Crippen molar-refractivity contribution in [3.8, 4) is 0 Å². The first-order chi connectivity index (χ1) is 5.05. The zero-order chi connectivity index (χ0) is 8.65. The summed E-state index contributed by atoms with van der Waals surface area (Å²) >= 11 is 0. The summed E-state index contributed by atoms with van der Waals surface area (Å²) in [6.07, 6.45) is 1.12. The molecule has 0 aromatic heterocycles. The van der Waals surface area contributed by atoms with Crippen molar-refractivity contribution >= 4 is 17.9 Å². The van der Waals surface area contributed by atoms with Crippen molar-refractivity contribution in [2.45, 2.75) is 20.3 Å². The number of rotatable bonds is 3. The molecule has 3 nitrogen and oxygen atoms in total. The minimum Gasteiger partial charge on any atom is -0.303 e. The van der Waals surface area contributed by atoms with Crippen LogP contribution in [0.3, 0.4) is 0 Å². The Labute approximate surface area is 64.8 Å². The van der Waals surface area contributed by atoms with E-state index in [1.54, 1.807) is 0 Å². The lowest BCUT2D eigenvalue weighted by Crippen LogP contribution is -2.23. The molecule has 1 fully saturated rings. The number of hydrogen-bond donors (Lipinski definition) is 0. The van der Waals surface area contributed by atoms with Crippen LogP contribution in [0.25, 0.3) is 0 Å². The summed E-state index contributed by atoms with van der Waals surface area (Å²) in [5.41, 5.74) is -0.929. The molecule has 0 spiro atoms. The Morgan fingerprint density at radius 3 is 1.91 bits per heavy atom. The fraction of sp³-hybridized carbons (Fsp3) is 0.625. The first kappa shape index (κ1) is 8.11. The first-order valence-electron chi connectivity index (χ1n) is 3.53. The molecule has 0 amide bonds. The molecule has 1 rings (SSSR count). The highest BCUT2D eigenvalue weighted by Crippen LogP contribution is 2.52. The van der Waals surface area contributed by atoms with Crippen molar-refractivity contribution in [3.05, 3.63) is 0 Å². The van der Waals surface area contributed by atoms with Crippen molar-refractivity contribution in [3.63, 3.8) is 0 Å². The van der Waals surface area contributed by atoms with Gasteiger partial charge in [-0.15, -0.1) is 0 Å². The summed E-state index contributed by atoms with van der Waals surface area (Å²) in [7, 11) is 0. The number of carbonyl (C=O) groups excluding carboxylic acids is 3. The topological polar surface area (TPSA) is 51.2 Å². The van der Waals surface area contributed by atoms with Gasteiger partial charge in [0.25, 0.3) is 0 Å².